The summed E-state index contributed by atoms with van der Waals surface area (Å²) in [5.74, 6) is 0.462. The molecule has 0 aliphatic carbocycles. The van der Waals surface area contributed by atoms with E-state index < -0.39 is 0 Å². The van der Waals surface area contributed by atoms with Crippen molar-refractivity contribution in [3.8, 4) is 5.75 Å². The maximum atomic E-state index is 12.8. The molecular weight excluding hydrogens is 225 g/mol. The molecule has 0 fully saturated rings. The molecule has 2 nitrogen and oxygen atoms in total. The number of hydrogen-bond donors (Lipinski definition) is 0. The number of aryl methyl sites for hydroxylation is 2. The number of halogens is 1. The summed E-state index contributed by atoms with van der Waals surface area (Å²) in [5, 5.41) is 2.91. The highest BCUT2D eigenvalue weighted by atomic mass is 32.1. The first kappa shape index (κ1) is 11.1. The van der Waals surface area contributed by atoms with Crippen LogP contribution in [0.5, 0.6) is 5.75 Å². The summed E-state index contributed by atoms with van der Waals surface area (Å²) in [5.41, 5.74) is 1.80. The highest BCUT2D eigenvalue weighted by Gasteiger charge is 2.03. The molecule has 0 N–H and O–H groups in total. The molecule has 1 aromatic carbocycles. The molecule has 0 atom stereocenters. The lowest BCUT2D eigenvalue weighted by atomic mass is 10.2. The Morgan fingerprint density at radius 1 is 1.38 bits per heavy atom. The van der Waals surface area contributed by atoms with Gasteiger partial charge in [0.1, 0.15) is 23.2 Å². The van der Waals surface area contributed by atoms with E-state index in [1.165, 1.54) is 12.1 Å². The van der Waals surface area contributed by atoms with Gasteiger partial charge in [-0.05, 0) is 37.6 Å². The van der Waals surface area contributed by atoms with Gasteiger partial charge in [0.05, 0.1) is 0 Å². The van der Waals surface area contributed by atoms with Crippen LogP contribution in [0.2, 0.25) is 0 Å². The molecule has 0 aliphatic heterocycles. The number of benzene rings is 1. The van der Waals surface area contributed by atoms with Crippen LogP contribution in [0.3, 0.4) is 0 Å². The first-order valence-corrected chi connectivity index (χ1v) is 5.83. The monoisotopic (exact) mass is 237 g/mol. The molecule has 0 amide bonds. The van der Waals surface area contributed by atoms with E-state index in [1.54, 1.807) is 17.4 Å². The summed E-state index contributed by atoms with van der Waals surface area (Å²) >= 11 is 1.57. The topological polar surface area (TPSA) is 22.1 Å². The van der Waals surface area contributed by atoms with Gasteiger partial charge in [-0.3, -0.25) is 0 Å². The first-order valence-electron chi connectivity index (χ1n) is 4.95. The molecule has 2 rings (SSSR count). The second kappa shape index (κ2) is 4.61. The van der Waals surface area contributed by atoms with Crippen molar-refractivity contribution in [3.63, 3.8) is 0 Å². The minimum atomic E-state index is -0.241. The van der Waals surface area contributed by atoms with Crippen LogP contribution in [0.1, 0.15) is 16.3 Å². The van der Waals surface area contributed by atoms with Gasteiger partial charge in [-0.2, -0.15) is 0 Å². The van der Waals surface area contributed by atoms with Crippen molar-refractivity contribution >= 4 is 11.3 Å². The van der Waals surface area contributed by atoms with Crippen molar-refractivity contribution < 1.29 is 9.13 Å². The van der Waals surface area contributed by atoms with Crippen molar-refractivity contribution in [3.05, 3.63) is 45.7 Å². The Morgan fingerprint density at radius 2 is 2.19 bits per heavy atom. The molecule has 0 saturated carbocycles. The Kier molecular flexibility index (Phi) is 3.19. The average molecular weight is 237 g/mol. The standard InChI is InChI=1S/C12H12FNOS/c1-8-5-10(13)3-4-11(8)15-6-12-14-9(2)7-16-12/h3-5,7H,6H2,1-2H3. The van der Waals surface area contributed by atoms with Gasteiger partial charge in [0.25, 0.3) is 0 Å². The number of rotatable bonds is 3. The van der Waals surface area contributed by atoms with Gasteiger partial charge in [0.15, 0.2) is 0 Å². The van der Waals surface area contributed by atoms with Crippen molar-refractivity contribution in [1.29, 1.82) is 0 Å². The zero-order chi connectivity index (χ0) is 11.5. The van der Waals surface area contributed by atoms with Crippen molar-refractivity contribution in [2.24, 2.45) is 0 Å². The smallest absolute Gasteiger partial charge is 0.140 e. The zero-order valence-corrected chi connectivity index (χ0v) is 9.97. The third-order valence-corrected chi connectivity index (χ3v) is 3.09. The zero-order valence-electron chi connectivity index (χ0n) is 9.16. The third kappa shape index (κ3) is 2.58. The number of nitrogens with zero attached hydrogens (tertiary/aromatic N) is 1. The fourth-order valence-electron chi connectivity index (χ4n) is 1.38. The third-order valence-electron chi connectivity index (χ3n) is 2.15. The van der Waals surface area contributed by atoms with Crippen LogP contribution < -0.4 is 4.74 Å². The molecule has 4 heteroatoms. The number of aromatic nitrogens is 1. The van der Waals surface area contributed by atoms with Crippen LogP contribution in [0.15, 0.2) is 23.6 Å². The van der Waals surface area contributed by atoms with Crippen LogP contribution in [-0.4, -0.2) is 4.98 Å². The van der Waals surface area contributed by atoms with E-state index in [1.807, 2.05) is 19.2 Å². The van der Waals surface area contributed by atoms with Gasteiger partial charge in [0, 0.05) is 11.1 Å². The van der Waals surface area contributed by atoms with Crippen molar-refractivity contribution in [2.45, 2.75) is 20.5 Å². The Hall–Kier alpha value is -1.42. The van der Waals surface area contributed by atoms with E-state index in [0.29, 0.717) is 12.4 Å². The summed E-state index contributed by atoms with van der Waals surface area (Å²) in [7, 11) is 0. The Morgan fingerprint density at radius 3 is 2.81 bits per heavy atom. The highest BCUT2D eigenvalue weighted by Crippen LogP contribution is 2.20. The first-order chi connectivity index (χ1) is 7.65. The van der Waals surface area contributed by atoms with Crippen LogP contribution in [0.25, 0.3) is 0 Å². The van der Waals surface area contributed by atoms with Gasteiger partial charge in [-0.1, -0.05) is 0 Å². The minimum Gasteiger partial charge on any atom is -0.486 e. The average Bonchev–Trinajstić information content (AvgIpc) is 2.63. The molecule has 1 aromatic heterocycles. The molecule has 0 saturated heterocycles. The van der Waals surface area contributed by atoms with E-state index >= 15 is 0 Å². The largest absolute Gasteiger partial charge is 0.486 e. The van der Waals surface area contributed by atoms with Crippen LogP contribution >= 0.6 is 11.3 Å². The van der Waals surface area contributed by atoms with Gasteiger partial charge in [-0.15, -0.1) is 11.3 Å². The lowest BCUT2D eigenvalue weighted by Gasteiger charge is -2.07. The molecule has 0 aliphatic rings. The van der Waals surface area contributed by atoms with E-state index in [9.17, 15) is 4.39 Å². The van der Waals surface area contributed by atoms with E-state index in [0.717, 1.165) is 16.3 Å². The van der Waals surface area contributed by atoms with E-state index in [2.05, 4.69) is 4.98 Å². The maximum Gasteiger partial charge on any atom is 0.140 e. The normalized spacial score (nSPS) is 10.4. The second-order valence-corrected chi connectivity index (χ2v) is 4.52. The quantitative estimate of drug-likeness (QED) is 0.815. The summed E-state index contributed by atoms with van der Waals surface area (Å²) in [6.07, 6.45) is 0. The number of hydrogen-bond acceptors (Lipinski definition) is 3. The maximum absolute atomic E-state index is 12.8. The molecule has 0 bridgehead atoms. The van der Waals surface area contributed by atoms with Crippen molar-refractivity contribution in [1.82, 2.24) is 4.98 Å². The number of ether oxygens (including phenoxy) is 1. The van der Waals surface area contributed by atoms with Crippen LogP contribution in [0.4, 0.5) is 4.39 Å². The summed E-state index contributed by atoms with van der Waals surface area (Å²) < 4.78 is 18.4. The molecule has 84 valence electrons. The van der Waals surface area contributed by atoms with E-state index in [-0.39, 0.29) is 5.82 Å². The van der Waals surface area contributed by atoms with Gasteiger partial charge < -0.3 is 4.74 Å². The SMILES string of the molecule is Cc1csc(COc2ccc(F)cc2C)n1. The van der Waals surface area contributed by atoms with Gasteiger partial charge >= 0.3 is 0 Å². The van der Waals surface area contributed by atoms with Crippen LogP contribution in [-0.2, 0) is 6.61 Å². The Bertz CT molecular complexity index is 496. The fourth-order valence-corrected chi connectivity index (χ4v) is 2.07. The van der Waals surface area contributed by atoms with Crippen LogP contribution in [0, 0.1) is 19.7 Å². The second-order valence-electron chi connectivity index (χ2n) is 3.58. The van der Waals surface area contributed by atoms with Gasteiger partial charge in [-0.25, -0.2) is 9.37 Å². The summed E-state index contributed by atoms with van der Waals surface area (Å²) in [6, 6.07) is 4.50. The van der Waals surface area contributed by atoms with Gasteiger partial charge in [0.2, 0.25) is 0 Å². The molecule has 1 heterocycles. The predicted molar refractivity (Wildman–Crippen MR) is 62.3 cm³/mol. The molecule has 2 aromatic rings. The molecule has 0 unspecified atom stereocenters. The van der Waals surface area contributed by atoms with Crippen molar-refractivity contribution in [2.75, 3.05) is 0 Å². The molecule has 0 spiro atoms. The Labute approximate surface area is 97.7 Å². The predicted octanol–water partition coefficient (Wildman–Crippen LogP) is 3.48. The lowest BCUT2D eigenvalue weighted by molar-refractivity contribution is 0.303. The summed E-state index contributed by atoms with van der Waals surface area (Å²) in [4.78, 5) is 4.29. The number of thiazole rings is 1. The van der Waals surface area contributed by atoms with E-state index in [4.69, 9.17) is 4.74 Å². The fraction of sp³-hybridized carbons (Fsp3) is 0.250. The Balaban J connectivity index is 2.04. The summed E-state index contributed by atoms with van der Waals surface area (Å²) in [6.45, 7) is 4.21. The molecular formula is C12H12FNOS. The molecule has 0 radical (unpaired) electrons. The lowest BCUT2D eigenvalue weighted by Crippen LogP contribution is -1.96. The highest BCUT2D eigenvalue weighted by molar-refractivity contribution is 7.09. The molecule has 16 heavy (non-hydrogen) atoms. The minimum absolute atomic E-state index is 0.241.